The summed E-state index contributed by atoms with van der Waals surface area (Å²) in [5, 5.41) is 3.83. The number of amides is 1. The van der Waals surface area contributed by atoms with Crippen molar-refractivity contribution in [2.45, 2.75) is 19.5 Å². The third-order valence-electron chi connectivity index (χ3n) is 3.51. The number of benzene rings is 1. The molecule has 1 fully saturated rings. The molecule has 1 heterocycles. The quantitative estimate of drug-likeness (QED) is 0.799. The Kier molecular flexibility index (Phi) is 7.91. The van der Waals surface area contributed by atoms with E-state index in [2.05, 4.69) is 17.1 Å². The highest BCUT2D eigenvalue weighted by Crippen LogP contribution is 2.36. The third kappa shape index (κ3) is 5.73. The van der Waals surface area contributed by atoms with E-state index >= 15 is 0 Å². The molecule has 1 aliphatic rings. The van der Waals surface area contributed by atoms with Gasteiger partial charge in [0.1, 0.15) is 0 Å². The molecule has 0 unspecified atom stereocenters. The molecule has 6 nitrogen and oxygen atoms in total. The highest BCUT2D eigenvalue weighted by Gasteiger charge is 2.18. The Balaban J connectivity index is 0.00000264. The average molecular weight is 364 g/mol. The summed E-state index contributed by atoms with van der Waals surface area (Å²) >= 11 is 6.26. The van der Waals surface area contributed by atoms with E-state index in [1.807, 2.05) is 12.1 Å². The lowest BCUT2D eigenvalue weighted by Gasteiger charge is -2.32. The Morgan fingerprint density at radius 1 is 1.52 bits per heavy atom. The second-order valence-electron chi connectivity index (χ2n) is 5.45. The predicted molar refractivity (Wildman–Crippen MR) is 92.7 cm³/mol. The van der Waals surface area contributed by atoms with Gasteiger partial charge in [0.05, 0.1) is 12.1 Å². The van der Waals surface area contributed by atoms with Gasteiger partial charge in [-0.15, -0.1) is 12.4 Å². The zero-order chi connectivity index (χ0) is 16.1. The monoisotopic (exact) mass is 363 g/mol. The highest BCUT2D eigenvalue weighted by atomic mass is 35.5. The SMILES string of the molecule is COc1cc(CN2CCN[C@H](C)C2)cc(Cl)c1OCC(N)=O.Cl. The summed E-state index contributed by atoms with van der Waals surface area (Å²) < 4.78 is 10.6. The molecule has 1 aromatic carbocycles. The summed E-state index contributed by atoms with van der Waals surface area (Å²) in [5.41, 5.74) is 6.13. The summed E-state index contributed by atoms with van der Waals surface area (Å²) in [7, 11) is 1.54. The molecule has 8 heteroatoms. The molecule has 2 rings (SSSR count). The summed E-state index contributed by atoms with van der Waals surface area (Å²) in [5.74, 6) is 0.296. The maximum Gasteiger partial charge on any atom is 0.255 e. The van der Waals surface area contributed by atoms with Crippen molar-refractivity contribution in [1.82, 2.24) is 10.2 Å². The number of rotatable bonds is 6. The first-order valence-corrected chi connectivity index (χ1v) is 7.60. The number of nitrogens with one attached hydrogen (secondary N) is 1. The van der Waals surface area contributed by atoms with Gasteiger partial charge in [0, 0.05) is 32.2 Å². The van der Waals surface area contributed by atoms with Crippen LogP contribution >= 0.6 is 24.0 Å². The summed E-state index contributed by atoms with van der Waals surface area (Å²) in [6.07, 6.45) is 0. The largest absolute Gasteiger partial charge is 0.493 e. The number of hydrogen-bond acceptors (Lipinski definition) is 5. The fourth-order valence-corrected chi connectivity index (χ4v) is 2.85. The molecule has 130 valence electrons. The van der Waals surface area contributed by atoms with Gasteiger partial charge in [-0.2, -0.15) is 0 Å². The smallest absolute Gasteiger partial charge is 0.255 e. The number of ether oxygens (including phenoxy) is 2. The number of methoxy groups -OCH3 is 1. The van der Waals surface area contributed by atoms with Crippen molar-refractivity contribution >= 4 is 29.9 Å². The Hall–Kier alpha value is -1.21. The molecular weight excluding hydrogens is 341 g/mol. The van der Waals surface area contributed by atoms with Gasteiger partial charge in [-0.25, -0.2) is 0 Å². The van der Waals surface area contributed by atoms with Gasteiger partial charge in [-0.1, -0.05) is 11.6 Å². The van der Waals surface area contributed by atoms with Crippen molar-refractivity contribution in [3.8, 4) is 11.5 Å². The van der Waals surface area contributed by atoms with Crippen LogP contribution in [0.25, 0.3) is 0 Å². The van der Waals surface area contributed by atoms with Crippen molar-refractivity contribution < 1.29 is 14.3 Å². The Morgan fingerprint density at radius 2 is 2.26 bits per heavy atom. The number of primary amides is 1. The van der Waals surface area contributed by atoms with Crippen LogP contribution in [0.5, 0.6) is 11.5 Å². The molecule has 23 heavy (non-hydrogen) atoms. The highest BCUT2D eigenvalue weighted by molar-refractivity contribution is 6.32. The minimum absolute atomic E-state index is 0. The third-order valence-corrected chi connectivity index (χ3v) is 3.79. The van der Waals surface area contributed by atoms with Gasteiger partial charge in [0.15, 0.2) is 18.1 Å². The van der Waals surface area contributed by atoms with E-state index in [4.69, 9.17) is 26.8 Å². The molecular formula is C15H23Cl2N3O3. The second-order valence-corrected chi connectivity index (χ2v) is 5.86. The molecule has 1 atom stereocenters. The van der Waals surface area contributed by atoms with Gasteiger partial charge in [0.2, 0.25) is 0 Å². The molecule has 0 radical (unpaired) electrons. The molecule has 1 aromatic rings. The van der Waals surface area contributed by atoms with Crippen LogP contribution < -0.4 is 20.5 Å². The van der Waals surface area contributed by atoms with Crippen LogP contribution in [-0.2, 0) is 11.3 Å². The maximum atomic E-state index is 10.8. The second kappa shape index (κ2) is 9.17. The first-order chi connectivity index (χ1) is 10.5. The summed E-state index contributed by atoms with van der Waals surface area (Å²) in [6, 6.07) is 4.20. The zero-order valence-electron chi connectivity index (χ0n) is 13.3. The Morgan fingerprint density at radius 3 is 2.87 bits per heavy atom. The van der Waals surface area contributed by atoms with E-state index in [1.165, 1.54) is 0 Å². The van der Waals surface area contributed by atoms with Gasteiger partial charge in [-0.3, -0.25) is 9.69 Å². The minimum atomic E-state index is -0.558. The van der Waals surface area contributed by atoms with Crippen LogP contribution in [-0.4, -0.2) is 50.2 Å². The molecule has 3 N–H and O–H groups in total. The van der Waals surface area contributed by atoms with Crippen molar-refractivity contribution in [3.05, 3.63) is 22.7 Å². The number of carbonyl (C=O) groups excluding carboxylic acids is 1. The number of piperazine rings is 1. The van der Waals surface area contributed by atoms with Gasteiger partial charge in [-0.05, 0) is 24.6 Å². The Bertz CT molecular complexity index is 543. The molecule has 0 bridgehead atoms. The minimum Gasteiger partial charge on any atom is -0.493 e. The van der Waals surface area contributed by atoms with Crippen molar-refractivity contribution in [2.24, 2.45) is 5.73 Å². The molecule has 1 aliphatic heterocycles. The molecule has 0 saturated carbocycles. The fraction of sp³-hybridized carbons (Fsp3) is 0.533. The number of carbonyl (C=O) groups is 1. The van der Waals surface area contributed by atoms with E-state index in [9.17, 15) is 4.79 Å². The molecule has 0 aromatic heterocycles. The summed E-state index contributed by atoms with van der Waals surface area (Å²) in [4.78, 5) is 13.2. The lowest BCUT2D eigenvalue weighted by atomic mass is 10.1. The lowest BCUT2D eigenvalue weighted by molar-refractivity contribution is -0.119. The van der Waals surface area contributed by atoms with Crippen LogP contribution in [0.4, 0.5) is 0 Å². The molecule has 0 spiro atoms. The Labute approximate surface area is 147 Å². The van der Waals surface area contributed by atoms with E-state index in [1.54, 1.807) is 7.11 Å². The van der Waals surface area contributed by atoms with E-state index in [-0.39, 0.29) is 19.0 Å². The van der Waals surface area contributed by atoms with Gasteiger partial charge < -0.3 is 20.5 Å². The van der Waals surface area contributed by atoms with Crippen LogP contribution in [0.15, 0.2) is 12.1 Å². The van der Waals surface area contributed by atoms with E-state index in [0.717, 1.165) is 31.7 Å². The first kappa shape index (κ1) is 19.8. The first-order valence-electron chi connectivity index (χ1n) is 7.23. The van der Waals surface area contributed by atoms with Crippen LogP contribution in [0.2, 0.25) is 5.02 Å². The lowest BCUT2D eigenvalue weighted by Crippen LogP contribution is -2.48. The number of nitrogens with two attached hydrogens (primary N) is 1. The average Bonchev–Trinajstić information content (AvgIpc) is 2.45. The van der Waals surface area contributed by atoms with Crippen molar-refractivity contribution in [3.63, 3.8) is 0 Å². The summed E-state index contributed by atoms with van der Waals surface area (Å²) in [6.45, 7) is 5.68. The van der Waals surface area contributed by atoms with Crippen molar-refractivity contribution in [1.29, 1.82) is 0 Å². The van der Waals surface area contributed by atoms with Gasteiger partial charge in [0.25, 0.3) is 5.91 Å². The fourth-order valence-electron chi connectivity index (χ4n) is 2.56. The topological polar surface area (TPSA) is 76.8 Å². The zero-order valence-corrected chi connectivity index (χ0v) is 14.9. The predicted octanol–water partition coefficient (Wildman–Crippen LogP) is 1.43. The van der Waals surface area contributed by atoms with Crippen LogP contribution in [0.3, 0.4) is 0 Å². The number of hydrogen-bond donors (Lipinski definition) is 2. The normalized spacial score (nSPS) is 18.1. The number of nitrogens with zero attached hydrogens (tertiary/aromatic N) is 1. The van der Waals surface area contributed by atoms with Crippen LogP contribution in [0, 0.1) is 0 Å². The van der Waals surface area contributed by atoms with E-state index < -0.39 is 5.91 Å². The standard InChI is InChI=1S/C15H22ClN3O3.ClH/c1-10-7-19(4-3-18-10)8-11-5-12(16)15(13(6-11)21-2)22-9-14(17)20;/h5-6,10,18H,3-4,7-9H2,1-2H3,(H2,17,20);1H/t10-;/m1./s1. The number of halogens is 2. The molecule has 1 saturated heterocycles. The molecule has 1 amide bonds. The van der Waals surface area contributed by atoms with Crippen molar-refractivity contribution in [2.75, 3.05) is 33.4 Å². The molecule has 0 aliphatic carbocycles. The van der Waals surface area contributed by atoms with Gasteiger partial charge >= 0.3 is 0 Å². The van der Waals surface area contributed by atoms with E-state index in [0.29, 0.717) is 22.6 Å². The van der Waals surface area contributed by atoms with Crippen LogP contribution in [0.1, 0.15) is 12.5 Å². The maximum absolute atomic E-state index is 10.8.